The van der Waals surface area contributed by atoms with E-state index in [1.54, 1.807) is 6.20 Å². The van der Waals surface area contributed by atoms with Crippen LogP contribution in [0.1, 0.15) is 31.0 Å². The lowest BCUT2D eigenvalue weighted by Crippen LogP contribution is -2.25. The maximum Gasteiger partial charge on any atom is 0.246 e. The molecule has 1 fully saturated rings. The molecule has 1 aliphatic rings. The van der Waals surface area contributed by atoms with Crippen LogP contribution in [-0.4, -0.2) is 56.3 Å². The number of anilines is 2. The van der Waals surface area contributed by atoms with Crippen molar-refractivity contribution in [3.8, 4) is 11.6 Å². The molecule has 4 heterocycles. The smallest absolute Gasteiger partial charge is 0.246 e. The molecule has 1 saturated heterocycles. The maximum atomic E-state index is 6.03. The van der Waals surface area contributed by atoms with E-state index in [0.717, 1.165) is 54.1 Å². The Morgan fingerprint density at radius 1 is 1.06 bits per heavy atom. The predicted octanol–water partition coefficient (Wildman–Crippen LogP) is 4.11. The van der Waals surface area contributed by atoms with Crippen LogP contribution in [0.15, 0.2) is 48.9 Å². The second kappa shape index (κ2) is 10.5. The first-order valence-electron chi connectivity index (χ1n) is 11.8. The summed E-state index contributed by atoms with van der Waals surface area (Å²) in [4.78, 5) is 15.5. The summed E-state index contributed by atoms with van der Waals surface area (Å²) in [5.74, 6) is 2.02. The van der Waals surface area contributed by atoms with Crippen molar-refractivity contribution in [2.24, 2.45) is 0 Å². The summed E-state index contributed by atoms with van der Waals surface area (Å²) < 4.78 is 12.0. The van der Waals surface area contributed by atoms with Crippen LogP contribution in [0.4, 0.5) is 11.5 Å². The minimum atomic E-state index is 0.431. The van der Waals surface area contributed by atoms with Crippen LogP contribution in [-0.2, 0) is 13.0 Å². The second-order valence-corrected chi connectivity index (χ2v) is 8.28. The fourth-order valence-electron chi connectivity index (χ4n) is 4.16. The Labute approximate surface area is 198 Å². The van der Waals surface area contributed by atoms with Gasteiger partial charge in [0.1, 0.15) is 36.5 Å². The van der Waals surface area contributed by atoms with E-state index in [1.807, 2.05) is 30.3 Å². The van der Waals surface area contributed by atoms with E-state index < -0.39 is 0 Å². The maximum absolute atomic E-state index is 6.03. The van der Waals surface area contributed by atoms with Gasteiger partial charge in [0.15, 0.2) is 5.65 Å². The zero-order valence-electron chi connectivity index (χ0n) is 19.3. The summed E-state index contributed by atoms with van der Waals surface area (Å²) in [7, 11) is 0. The number of nitrogens with one attached hydrogen (secondary N) is 2. The Hall–Kier alpha value is -3.72. The van der Waals surface area contributed by atoms with Crippen molar-refractivity contribution in [3.05, 3.63) is 60.2 Å². The van der Waals surface area contributed by atoms with Crippen LogP contribution in [0, 0.1) is 0 Å². The van der Waals surface area contributed by atoms with Gasteiger partial charge < -0.3 is 14.8 Å². The molecule has 176 valence electrons. The molecule has 0 saturated carbocycles. The van der Waals surface area contributed by atoms with Crippen molar-refractivity contribution in [1.82, 2.24) is 30.0 Å². The van der Waals surface area contributed by atoms with E-state index in [1.165, 1.54) is 19.2 Å². The van der Waals surface area contributed by atoms with Crippen molar-refractivity contribution in [2.75, 3.05) is 31.6 Å². The van der Waals surface area contributed by atoms with Gasteiger partial charge in [-0.2, -0.15) is 0 Å². The number of rotatable bonds is 10. The zero-order chi connectivity index (χ0) is 23.2. The number of likely N-dealkylation sites (tertiary alicyclic amines) is 1. The van der Waals surface area contributed by atoms with Crippen molar-refractivity contribution < 1.29 is 9.47 Å². The van der Waals surface area contributed by atoms with E-state index in [4.69, 9.17) is 9.47 Å². The molecule has 0 unspecified atom stereocenters. The third kappa shape index (κ3) is 5.09. The van der Waals surface area contributed by atoms with Gasteiger partial charge in [-0.05, 0) is 68.2 Å². The first-order chi connectivity index (χ1) is 16.8. The Kier molecular flexibility index (Phi) is 6.81. The quantitative estimate of drug-likeness (QED) is 0.365. The minimum absolute atomic E-state index is 0.431. The van der Waals surface area contributed by atoms with Crippen LogP contribution in [0.25, 0.3) is 11.0 Å². The van der Waals surface area contributed by atoms with Crippen molar-refractivity contribution in [2.45, 2.75) is 32.8 Å². The van der Waals surface area contributed by atoms with Gasteiger partial charge >= 0.3 is 0 Å². The molecule has 0 atom stereocenters. The second-order valence-electron chi connectivity index (χ2n) is 8.28. The summed E-state index contributed by atoms with van der Waals surface area (Å²) in [6.07, 6.45) is 6.65. The lowest BCUT2D eigenvalue weighted by Gasteiger charge is -2.15. The lowest BCUT2D eigenvalue weighted by atomic mass is 10.1. The van der Waals surface area contributed by atoms with Crippen molar-refractivity contribution >= 4 is 22.5 Å². The highest BCUT2D eigenvalue weighted by molar-refractivity contribution is 5.92. The average molecular weight is 460 g/mol. The largest absolute Gasteiger partial charge is 0.487 e. The molecule has 0 spiro atoms. The number of hydrogen-bond donors (Lipinski definition) is 2. The number of nitrogens with zero attached hydrogens (tertiary/aromatic N) is 5. The Morgan fingerprint density at radius 3 is 2.79 bits per heavy atom. The third-order valence-electron chi connectivity index (χ3n) is 5.98. The van der Waals surface area contributed by atoms with Crippen LogP contribution >= 0.6 is 0 Å². The van der Waals surface area contributed by atoms with E-state index >= 15 is 0 Å². The number of aromatic nitrogens is 5. The number of aryl methyl sites for hydroxylation is 1. The monoisotopic (exact) mass is 459 g/mol. The number of aromatic amines is 1. The first kappa shape index (κ1) is 22.1. The Balaban J connectivity index is 1.30. The molecule has 5 rings (SSSR count). The summed E-state index contributed by atoms with van der Waals surface area (Å²) in [6.45, 7) is 6.30. The van der Waals surface area contributed by atoms with Crippen LogP contribution in [0.3, 0.4) is 0 Å². The molecule has 2 N–H and O–H groups in total. The number of pyridine rings is 1. The van der Waals surface area contributed by atoms with Crippen LogP contribution in [0.2, 0.25) is 0 Å². The summed E-state index contributed by atoms with van der Waals surface area (Å²) in [6, 6.07) is 11.9. The predicted molar refractivity (Wildman–Crippen MR) is 131 cm³/mol. The SMILES string of the molecule is CCc1cc(Nc2ncnc3[nH]nc(OCCN4CCCC4)c23)ccc1OCc1ccccn1. The van der Waals surface area contributed by atoms with E-state index in [-0.39, 0.29) is 0 Å². The number of fused-ring (bicyclic) bond motifs is 1. The fourth-order valence-corrected chi connectivity index (χ4v) is 4.16. The topological polar surface area (TPSA) is 101 Å². The number of ether oxygens (including phenoxy) is 2. The molecule has 3 aromatic heterocycles. The molecule has 0 bridgehead atoms. The van der Waals surface area contributed by atoms with Gasteiger partial charge in [-0.25, -0.2) is 9.97 Å². The van der Waals surface area contributed by atoms with Crippen LogP contribution < -0.4 is 14.8 Å². The van der Waals surface area contributed by atoms with Gasteiger partial charge in [0.05, 0.1) is 5.69 Å². The lowest BCUT2D eigenvalue weighted by molar-refractivity contribution is 0.233. The Bertz CT molecular complexity index is 1220. The molecule has 34 heavy (non-hydrogen) atoms. The highest BCUT2D eigenvalue weighted by atomic mass is 16.5. The molecule has 9 nitrogen and oxygen atoms in total. The minimum Gasteiger partial charge on any atom is -0.487 e. The average Bonchev–Trinajstić information content (AvgIpc) is 3.55. The summed E-state index contributed by atoms with van der Waals surface area (Å²) in [5.41, 5.74) is 3.54. The first-order valence-corrected chi connectivity index (χ1v) is 11.8. The van der Waals surface area contributed by atoms with Crippen molar-refractivity contribution in [3.63, 3.8) is 0 Å². The molecular weight excluding hydrogens is 430 g/mol. The van der Waals surface area contributed by atoms with Crippen molar-refractivity contribution in [1.29, 1.82) is 0 Å². The molecule has 1 aliphatic heterocycles. The highest BCUT2D eigenvalue weighted by Crippen LogP contribution is 2.31. The van der Waals surface area contributed by atoms with Gasteiger partial charge in [0.2, 0.25) is 5.88 Å². The standard InChI is InChI=1S/C25H29N7O2/c1-2-18-15-19(8-9-21(18)34-16-20-7-3-4-10-26-20)29-23-22-24(28-17-27-23)30-31-25(22)33-14-13-32-11-5-6-12-32/h3-4,7-10,15,17H,2,5-6,11-14,16H2,1H3,(H2,27,28,29,30,31). The molecule has 0 aliphatic carbocycles. The molecule has 0 radical (unpaired) electrons. The van der Waals surface area contributed by atoms with Gasteiger partial charge in [0.25, 0.3) is 0 Å². The summed E-state index contributed by atoms with van der Waals surface area (Å²) >= 11 is 0. The van der Waals surface area contributed by atoms with Gasteiger partial charge in [-0.3, -0.25) is 15.0 Å². The Morgan fingerprint density at radius 2 is 1.97 bits per heavy atom. The summed E-state index contributed by atoms with van der Waals surface area (Å²) in [5, 5.41) is 11.4. The zero-order valence-corrected chi connectivity index (χ0v) is 19.3. The van der Waals surface area contributed by atoms with E-state index in [9.17, 15) is 0 Å². The van der Waals surface area contributed by atoms with E-state index in [0.29, 0.717) is 30.6 Å². The van der Waals surface area contributed by atoms with Crippen LogP contribution in [0.5, 0.6) is 11.6 Å². The number of hydrogen-bond acceptors (Lipinski definition) is 8. The van der Waals surface area contributed by atoms with Gasteiger partial charge in [0, 0.05) is 18.4 Å². The molecule has 1 aromatic carbocycles. The van der Waals surface area contributed by atoms with Gasteiger partial charge in [-0.1, -0.05) is 13.0 Å². The normalized spacial score (nSPS) is 13.9. The fraction of sp³-hybridized carbons (Fsp3) is 0.360. The number of benzene rings is 1. The molecule has 4 aromatic rings. The third-order valence-corrected chi connectivity index (χ3v) is 5.98. The number of H-pyrrole nitrogens is 1. The van der Waals surface area contributed by atoms with E-state index in [2.05, 4.69) is 48.4 Å². The molecule has 9 heteroatoms. The molecule has 0 amide bonds. The van der Waals surface area contributed by atoms with Gasteiger partial charge in [-0.15, -0.1) is 5.10 Å². The molecular formula is C25H29N7O2. The highest BCUT2D eigenvalue weighted by Gasteiger charge is 2.16.